The predicted molar refractivity (Wildman–Crippen MR) is 75.5 cm³/mol. The van der Waals surface area contributed by atoms with Gasteiger partial charge in [0.2, 0.25) is 11.2 Å². The number of ether oxygens (including phenoxy) is 1. The summed E-state index contributed by atoms with van der Waals surface area (Å²) in [4.78, 5) is 16.5. The van der Waals surface area contributed by atoms with Crippen LogP contribution in [0.5, 0.6) is 6.01 Å². The van der Waals surface area contributed by atoms with E-state index in [2.05, 4.69) is 26.9 Å². The molecule has 1 aromatic carbocycles. The normalized spacial score (nSPS) is 11.0. The molecule has 0 saturated carbocycles. The van der Waals surface area contributed by atoms with E-state index in [-0.39, 0.29) is 11.3 Å². The van der Waals surface area contributed by atoms with Gasteiger partial charge in [-0.05, 0) is 48.7 Å². The van der Waals surface area contributed by atoms with E-state index in [9.17, 15) is 0 Å². The monoisotopic (exact) mass is 289 g/mol. The molecule has 0 aliphatic carbocycles. The quantitative estimate of drug-likeness (QED) is 0.725. The molecule has 0 bridgehead atoms. The number of hydrogen-bond acceptors (Lipinski definition) is 5. The van der Waals surface area contributed by atoms with Crippen molar-refractivity contribution in [1.29, 1.82) is 0 Å². The number of imidazole rings is 1. The average Bonchev–Trinajstić information content (AvgIpc) is 2.81. The predicted octanol–water partition coefficient (Wildman–Crippen LogP) is 2.49. The van der Waals surface area contributed by atoms with Crippen molar-refractivity contribution in [2.45, 2.75) is 13.8 Å². The molecule has 0 amide bonds. The minimum atomic E-state index is 0.0810. The van der Waals surface area contributed by atoms with Crippen molar-refractivity contribution in [3.8, 4) is 12.0 Å². The Morgan fingerprint density at radius 2 is 1.85 bits per heavy atom. The second-order valence-electron chi connectivity index (χ2n) is 4.43. The Bertz CT molecular complexity index is 799. The lowest BCUT2D eigenvalue weighted by molar-refractivity contribution is 0.377. The zero-order valence-electron chi connectivity index (χ0n) is 11.3. The van der Waals surface area contributed by atoms with Gasteiger partial charge in [0, 0.05) is 0 Å². The van der Waals surface area contributed by atoms with Crippen LogP contribution in [0, 0.1) is 13.8 Å². The summed E-state index contributed by atoms with van der Waals surface area (Å²) in [7, 11) is 1.48. The van der Waals surface area contributed by atoms with Crippen LogP contribution in [0.4, 0.5) is 0 Å². The molecule has 6 nitrogen and oxygen atoms in total. The maximum absolute atomic E-state index is 5.88. The molecule has 3 aromatic rings. The van der Waals surface area contributed by atoms with E-state index in [0.717, 1.165) is 11.0 Å². The molecule has 0 fully saturated rings. The van der Waals surface area contributed by atoms with Gasteiger partial charge in [-0.1, -0.05) is 0 Å². The van der Waals surface area contributed by atoms with Crippen molar-refractivity contribution >= 4 is 22.6 Å². The molecule has 2 aromatic heterocycles. The Labute approximate surface area is 120 Å². The summed E-state index contributed by atoms with van der Waals surface area (Å²) in [6.07, 6.45) is 1.66. The minimum absolute atomic E-state index is 0.0810. The summed E-state index contributed by atoms with van der Waals surface area (Å²) < 4.78 is 6.77. The third-order valence-electron chi connectivity index (χ3n) is 3.14. The van der Waals surface area contributed by atoms with Crippen molar-refractivity contribution in [3.63, 3.8) is 0 Å². The summed E-state index contributed by atoms with van der Waals surface area (Å²) in [5.41, 5.74) is 4.15. The van der Waals surface area contributed by atoms with E-state index in [1.165, 1.54) is 18.2 Å². The van der Waals surface area contributed by atoms with Crippen molar-refractivity contribution in [2.24, 2.45) is 0 Å². The minimum Gasteiger partial charge on any atom is -0.467 e. The van der Waals surface area contributed by atoms with Gasteiger partial charge in [0.1, 0.15) is 6.33 Å². The highest BCUT2D eigenvalue weighted by Gasteiger charge is 2.11. The lowest BCUT2D eigenvalue weighted by Gasteiger charge is -2.05. The smallest absolute Gasteiger partial charge is 0.322 e. The SMILES string of the molecule is COc1nc(Cl)nc(-n2cnc3cc(C)c(C)cc32)n1. The van der Waals surface area contributed by atoms with E-state index in [1.807, 2.05) is 19.1 Å². The molecular weight excluding hydrogens is 278 g/mol. The standard InChI is InChI=1S/C13H12ClN5O/c1-7-4-9-10(5-8(7)2)19(6-15-9)12-16-11(14)17-13(18-12)20-3/h4-6H,1-3H3. The van der Waals surface area contributed by atoms with Crippen LogP contribution in [-0.2, 0) is 0 Å². The second-order valence-corrected chi connectivity index (χ2v) is 4.77. The van der Waals surface area contributed by atoms with Gasteiger partial charge in [-0.3, -0.25) is 4.57 Å². The summed E-state index contributed by atoms with van der Waals surface area (Å²) in [6.45, 7) is 4.10. The van der Waals surface area contributed by atoms with Crippen molar-refractivity contribution in [2.75, 3.05) is 7.11 Å². The van der Waals surface area contributed by atoms with Gasteiger partial charge in [-0.2, -0.15) is 15.0 Å². The Kier molecular flexibility index (Phi) is 3.02. The summed E-state index contributed by atoms with van der Waals surface area (Å²) in [5.74, 6) is 0.382. The fraction of sp³-hybridized carbons (Fsp3) is 0.231. The van der Waals surface area contributed by atoms with Crippen LogP contribution in [0.2, 0.25) is 5.28 Å². The number of aromatic nitrogens is 5. The Morgan fingerprint density at radius 3 is 2.60 bits per heavy atom. The molecule has 0 atom stereocenters. The third-order valence-corrected chi connectivity index (χ3v) is 3.31. The molecule has 0 unspecified atom stereocenters. The van der Waals surface area contributed by atoms with E-state index in [1.54, 1.807) is 10.9 Å². The Hall–Kier alpha value is -2.21. The maximum Gasteiger partial charge on any atom is 0.322 e. The number of nitrogens with zero attached hydrogens (tertiary/aromatic N) is 5. The first-order valence-electron chi connectivity index (χ1n) is 5.98. The number of methoxy groups -OCH3 is 1. The number of fused-ring (bicyclic) bond motifs is 1. The van der Waals surface area contributed by atoms with E-state index in [4.69, 9.17) is 16.3 Å². The van der Waals surface area contributed by atoms with Crippen LogP contribution in [0.3, 0.4) is 0 Å². The van der Waals surface area contributed by atoms with Crippen molar-refractivity contribution in [1.82, 2.24) is 24.5 Å². The van der Waals surface area contributed by atoms with Crippen molar-refractivity contribution in [3.05, 3.63) is 34.9 Å². The molecule has 2 heterocycles. The fourth-order valence-corrected chi connectivity index (χ4v) is 2.09. The maximum atomic E-state index is 5.88. The van der Waals surface area contributed by atoms with Gasteiger partial charge >= 0.3 is 6.01 Å². The van der Waals surface area contributed by atoms with Crippen LogP contribution in [0.15, 0.2) is 18.5 Å². The molecule has 20 heavy (non-hydrogen) atoms. The van der Waals surface area contributed by atoms with Crippen molar-refractivity contribution < 1.29 is 4.74 Å². The molecule has 0 saturated heterocycles. The van der Waals surface area contributed by atoms with E-state index >= 15 is 0 Å². The first-order chi connectivity index (χ1) is 9.58. The Morgan fingerprint density at radius 1 is 1.10 bits per heavy atom. The topological polar surface area (TPSA) is 65.7 Å². The molecule has 0 spiro atoms. The third kappa shape index (κ3) is 2.08. The summed E-state index contributed by atoms with van der Waals surface area (Å²) in [5, 5.41) is 0.0810. The highest BCUT2D eigenvalue weighted by molar-refractivity contribution is 6.28. The highest BCUT2D eigenvalue weighted by atomic mass is 35.5. The number of aryl methyl sites for hydroxylation is 2. The largest absolute Gasteiger partial charge is 0.467 e. The molecule has 0 aliphatic heterocycles. The molecule has 3 rings (SSSR count). The van der Waals surface area contributed by atoms with E-state index < -0.39 is 0 Å². The number of rotatable bonds is 2. The molecule has 7 heteroatoms. The van der Waals surface area contributed by atoms with Crippen LogP contribution in [-0.4, -0.2) is 31.6 Å². The summed E-state index contributed by atoms with van der Waals surface area (Å²) >= 11 is 5.88. The molecule has 0 aliphatic rings. The first kappa shape index (κ1) is 12.8. The number of benzene rings is 1. The average molecular weight is 290 g/mol. The van der Waals surface area contributed by atoms with Crippen LogP contribution in [0.1, 0.15) is 11.1 Å². The van der Waals surface area contributed by atoms with Crippen LogP contribution < -0.4 is 4.74 Å². The molecule has 0 N–H and O–H groups in total. The van der Waals surface area contributed by atoms with Gasteiger partial charge in [0.15, 0.2) is 0 Å². The van der Waals surface area contributed by atoms with Gasteiger partial charge in [0.25, 0.3) is 0 Å². The highest BCUT2D eigenvalue weighted by Crippen LogP contribution is 2.21. The lowest BCUT2D eigenvalue weighted by atomic mass is 10.1. The first-order valence-corrected chi connectivity index (χ1v) is 6.36. The molecule has 0 radical (unpaired) electrons. The summed E-state index contributed by atoms with van der Waals surface area (Å²) in [6, 6.07) is 4.24. The second kappa shape index (κ2) is 4.72. The van der Waals surface area contributed by atoms with E-state index in [0.29, 0.717) is 5.95 Å². The molecular formula is C13H12ClN5O. The molecule has 102 valence electrons. The van der Waals surface area contributed by atoms with Crippen LogP contribution in [0.25, 0.3) is 17.0 Å². The lowest BCUT2D eigenvalue weighted by Crippen LogP contribution is -2.04. The van der Waals surface area contributed by atoms with Gasteiger partial charge in [-0.15, -0.1) is 0 Å². The zero-order valence-corrected chi connectivity index (χ0v) is 12.0. The van der Waals surface area contributed by atoms with Gasteiger partial charge in [-0.25, -0.2) is 4.98 Å². The Balaban J connectivity index is 2.24. The number of hydrogen-bond donors (Lipinski definition) is 0. The van der Waals surface area contributed by atoms with Gasteiger partial charge in [0.05, 0.1) is 18.1 Å². The van der Waals surface area contributed by atoms with Gasteiger partial charge < -0.3 is 4.74 Å². The number of halogens is 1. The fourth-order valence-electron chi connectivity index (χ4n) is 1.94. The van der Waals surface area contributed by atoms with Crippen LogP contribution >= 0.6 is 11.6 Å². The zero-order chi connectivity index (χ0) is 14.3.